The van der Waals surface area contributed by atoms with Crippen molar-refractivity contribution >= 4 is 5.78 Å². The van der Waals surface area contributed by atoms with E-state index in [9.17, 15) is 4.79 Å². The van der Waals surface area contributed by atoms with Crippen LogP contribution in [0.25, 0.3) is 0 Å². The van der Waals surface area contributed by atoms with Crippen molar-refractivity contribution in [1.29, 1.82) is 0 Å². The van der Waals surface area contributed by atoms with E-state index in [2.05, 4.69) is 17.2 Å². The Morgan fingerprint density at radius 1 is 1.29 bits per heavy atom. The summed E-state index contributed by atoms with van der Waals surface area (Å²) in [6.45, 7) is 2.04. The first kappa shape index (κ1) is 11.2. The van der Waals surface area contributed by atoms with Gasteiger partial charge in [0.15, 0.2) is 5.78 Å². The van der Waals surface area contributed by atoms with Gasteiger partial charge in [-0.05, 0) is 24.6 Å². The molecule has 1 aromatic rings. The van der Waals surface area contributed by atoms with Gasteiger partial charge >= 0.3 is 0 Å². The third-order valence-corrected chi connectivity index (χ3v) is 2.57. The van der Waals surface area contributed by atoms with Crippen LogP contribution in [-0.2, 0) is 4.79 Å². The Kier molecular flexibility index (Phi) is 3.42. The van der Waals surface area contributed by atoms with Crippen molar-refractivity contribution in [3.05, 3.63) is 59.8 Å². The van der Waals surface area contributed by atoms with Gasteiger partial charge in [0.2, 0.25) is 0 Å². The summed E-state index contributed by atoms with van der Waals surface area (Å²) in [5, 5.41) is 3.18. The molecule has 0 amide bonds. The number of carbonyl (C=O) groups is 1. The van der Waals surface area contributed by atoms with E-state index in [1.54, 1.807) is 12.3 Å². The van der Waals surface area contributed by atoms with Crippen LogP contribution in [0, 0.1) is 11.8 Å². The quantitative estimate of drug-likeness (QED) is 0.629. The number of hydrogen-bond acceptors (Lipinski definition) is 2. The highest BCUT2D eigenvalue weighted by molar-refractivity contribution is 6.08. The first-order valence-electron chi connectivity index (χ1n) is 5.51. The summed E-state index contributed by atoms with van der Waals surface area (Å²) in [7, 11) is 0. The lowest BCUT2D eigenvalue weighted by atomic mass is 10.1. The Labute approximate surface area is 101 Å². The summed E-state index contributed by atoms with van der Waals surface area (Å²) in [6, 6.07) is 10.2. The summed E-state index contributed by atoms with van der Waals surface area (Å²) in [6.07, 6.45) is 4.74. The van der Waals surface area contributed by atoms with Crippen molar-refractivity contribution in [3.8, 4) is 11.8 Å². The standard InChI is InChI=1S/C15H13NO/c1-12(13-7-3-2-4-8-13)16-11-14-9-5-6-10-15(14)17/h2-4,6-8,10-12,16H,1H3/b14-11+. The molecule has 0 bridgehead atoms. The molecule has 2 nitrogen and oxygen atoms in total. The fourth-order valence-corrected chi connectivity index (χ4v) is 1.54. The zero-order chi connectivity index (χ0) is 12.1. The summed E-state index contributed by atoms with van der Waals surface area (Å²) in [5.41, 5.74) is 1.69. The van der Waals surface area contributed by atoms with Gasteiger partial charge < -0.3 is 5.32 Å². The molecule has 0 aliphatic heterocycles. The number of hydrogen-bond donors (Lipinski definition) is 1. The van der Waals surface area contributed by atoms with Gasteiger partial charge in [0.1, 0.15) is 0 Å². The molecule has 17 heavy (non-hydrogen) atoms. The predicted octanol–water partition coefficient (Wildman–Crippen LogP) is 2.36. The van der Waals surface area contributed by atoms with Crippen molar-refractivity contribution in [2.75, 3.05) is 0 Å². The lowest BCUT2D eigenvalue weighted by molar-refractivity contribution is -0.111. The lowest BCUT2D eigenvalue weighted by Crippen LogP contribution is -2.14. The Balaban J connectivity index is 2.05. The van der Waals surface area contributed by atoms with Crippen LogP contribution in [0.1, 0.15) is 18.5 Å². The molecular weight excluding hydrogens is 210 g/mol. The molecule has 2 rings (SSSR count). The van der Waals surface area contributed by atoms with E-state index in [0.29, 0.717) is 5.57 Å². The molecule has 0 heterocycles. The van der Waals surface area contributed by atoms with Crippen molar-refractivity contribution in [1.82, 2.24) is 5.32 Å². The SMILES string of the molecule is CC(N/C=C1\C#CC=CC1=O)c1ccccc1. The van der Waals surface area contributed by atoms with Crippen LogP contribution in [0.5, 0.6) is 0 Å². The second kappa shape index (κ2) is 5.18. The third kappa shape index (κ3) is 2.85. The van der Waals surface area contributed by atoms with Gasteiger partial charge in [0, 0.05) is 12.2 Å². The van der Waals surface area contributed by atoms with Crippen LogP contribution >= 0.6 is 0 Å². The fraction of sp³-hybridized carbons (Fsp3) is 0.133. The predicted molar refractivity (Wildman–Crippen MR) is 68.0 cm³/mol. The molecule has 0 aromatic heterocycles. The Morgan fingerprint density at radius 2 is 2.06 bits per heavy atom. The van der Waals surface area contributed by atoms with E-state index >= 15 is 0 Å². The van der Waals surface area contributed by atoms with E-state index in [1.807, 2.05) is 37.3 Å². The van der Waals surface area contributed by atoms with Gasteiger partial charge in [-0.1, -0.05) is 42.2 Å². The maximum Gasteiger partial charge on any atom is 0.196 e. The molecule has 84 valence electrons. The maximum atomic E-state index is 11.4. The van der Waals surface area contributed by atoms with Gasteiger partial charge in [-0.15, -0.1) is 0 Å². The summed E-state index contributed by atoms with van der Waals surface area (Å²) in [5.74, 6) is 5.51. The highest BCUT2D eigenvalue weighted by Crippen LogP contribution is 2.11. The molecule has 0 radical (unpaired) electrons. The molecule has 1 aliphatic rings. The van der Waals surface area contributed by atoms with Crippen LogP contribution in [0.3, 0.4) is 0 Å². The molecule has 1 unspecified atom stereocenters. The summed E-state index contributed by atoms with van der Waals surface area (Å²) in [4.78, 5) is 11.4. The third-order valence-electron chi connectivity index (χ3n) is 2.57. The topological polar surface area (TPSA) is 29.1 Å². The first-order chi connectivity index (χ1) is 8.27. The van der Waals surface area contributed by atoms with Crippen LogP contribution < -0.4 is 5.32 Å². The zero-order valence-electron chi connectivity index (χ0n) is 9.60. The van der Waals surface area contributed by atoms with Gasteiger partial charge in [-0.25, -0.2) is 0 Å². The molecule has 1 atom stereocenters. The second-order valence-corrected chi connectivity index (χ2v) is 3.82. The molecule has 0 fully saturated rings. The van der Waals surface area contributed by atoms with Crippen molar-refractivity contribution in [2.45, 2.75) is 13.0 Å². The van der Waals surface area contributed by atoms with Gasteiger partial charge in [0.05, 0.1) is 5.57 Å². The second-order valence-electron chi connectivity index (χ2n) is 3.82. The molecule has 1 aromatic carbocycles. The van der Waals surface area contributed by atoms with Gasteiger partial charge in [-0.2, -0.15) is 0 Å². The highest BCUT2D eigenvalue weighted by Gasteiger charge is 2.07. The van der Waals surface area contributed by atoms with Crippen LogP contribution in [-0.4, -0.2) is 5.78 Å². The summed E-state index contributed by atoms with van der Waals surface area (Å²) >= 11 is 0. The van der Waals surface area contributed by atoms with E-state index in [1.165, 1.54) is 11.6 Å². The molecule has 1 N–H and O–H groups in total. The molecule has 2 heteroatoms. The summed E-state index contributed by atoms with van der Waals surface area (Å²) < 4.78 is 0. The number of ketones is 1. The number of allylic oxidation sites excluding steroid dienone is 3. The van der Waals surface area contributed by atoms with E-state index < -0.39 is 0 Å². The number of benzene rings is 1. The molecule has 0 saturated carbocycles. The number of rotatable bonds is 3. The maximum absolute atomic E-state index is 11.4. The van der Waals surface area contributed by atoms with E-state index in [4.69, 9.17) is 0 Å². The minimum absolute atomic E-state index is 0.0449. The highest BCUT2D eigenvalue weighted by atomic mass is 16.1. The average Bonchev–Trinajstić information content (AvgIpc) is 2.38. The smallest absolute Gasteiger partial charge is 0.196 e. The average molecular weight is 223 g/mol. The van der Waals surface area contributed by atoms with Gasteiger partial charge in [0.25, 0.3) is 0 Å². The largest absolute Gasteiger partial charge is 0.383 e. The van der Waals surface area contributed by atoms with E-state index in [0.717, 1.165) is 0 Å². The normalized spacial score (nSPS) is 17.5. The minimum Gasteiger partial charge on any atom is -0.383 e. The van der Waals surface area contributed by atoms with Crippen molar-refractivity contribution in [2.24, 2.45) is 0 Å². The van der Waals surface area contributed by atoms with E-state index in [-0.39, 0.29) is 11.8 Å². The molecule has 0 saturated heterocycles. The Hall–Kier alpha value is -2.27. The fourth-order valence-electron chi connectivity index (χ4n) is 1.54. The first-order valence-corrected chi connectivity index (χ1v) is 5.51. The Morgan fingerprint density at radius 3 is 2.76 bits per heavy atom. The van der Waals surface area contributed by atoms with Crippen LogP contribution in [0.15, 0.2) is 54.3 Å². The number of carbonyl (C=O) groups excluding carboxylic acids is 1. The molecule has 1 aliphatic carbocycles. The minimum atomic E-state index is -0.0449. The lowest BCUT2D eigenvalue weighted by Gasteiger charge is -2.12. The van der Waals surface area contributed by atoms with Crippen LogP contribution in [0.2, 0.25) is 0 Å². The molecular formula is C15H13NO. The monoisotopic (exact) mass is 223 g/mol. The molecule has 0 spiro atoms. The van der Waals surface area contributed by atoms with Crippen molar-refractivity contribution < 1.29 is 4.79 Å². The van der Waals surface area contributed by atoms with Crippen molar-refractivity contribution in [3.63, 3.8) is 0 Å². The van der Waals surface area contributed by atoms with Crippen LogP contribution in [0.4, 0.5) is 0 Å². The van der Waals surface area contributed by atoms with Gasteiger partial charge in [-0.3, -0.25) is 4.79 Å². The number of nitrogens with one attached hydrogen (secondary N) is 1. The zero-order valence-corrected chi connectivity index (χ0v) is 9.60. The Bertz CT molecular complexity index is 529.